The van der Waals surface area contributed by atoms with Gasteiger partial charge in [0, 0.05) is 18.7 Å². The first-order chi connectivity index (χ1) is 9.54. The van der Waals surface area contributed by atoms with Gasteiger partial charge in [-0.1, -0.05) is 30.7 Å². The summed E-state index contributed by atoms with van der Waals surface area (Å²) in [6.07, 6.45) is 11.2. The Morgan fingerprint density at radius 3 is 2.70 bits per heavy atom. The van der Waals surface area contributed by atoms with Crippen molar-refractivity contribution >= 4 is 5.71 Å². The number of hydrogen-bond acceptors (Lipinski definition) is 3. The number of allylic oxidation sites excluding steroid dienone is 2. The van der Waals surface area contributed by atoms with Crippen LogP contribution in [0.4, 0.5) is 0 Å². The Balaban J connectivity index is 2.78. The van der Waals surface area contributed by atoms with Gasteiger partial charge in [0.1, 0.15) is 6.10 Å². The lowest BCUT2D eigenvalue weighted by molar-refractivity contribution is -0.00187. The molecule has 0 aromatic rings. The van der Waals surface area contributed by atoms with E-state index in [-0.39, 0.29) is 12.0 Å². The quantitative estimate of drug-likeness (QED) is 0.716. The normalized spacial score (nSPS) is 34.9. The first-order valence-corrected chi connectivity index (χ1v) is 7.65. The summed E-state index contributed by atoms with van der Waals surface area (Å²) in [5.41, 5.74) is 2.10. The summed E-state index contributed by atoms with van der Waals surface area (Å²) in [4.78, 5) is 0. The van der Waals surface area contributed by atoms with Crippen molar-refractivity contribution in [3.05, 3.63) is 23.8 Å². The third-order valence-electron chi connectivity index (χ3n) is 3.94. The zero-order valence-corrected chi connectivity index (χ0v) is 13.1. The average molecular weight is 279 g/mol. The van der Waals surface area contributed by atoms with Crippen molar-refractivity contribution in [3.63, 3.8) is 0 Å². The maximum atomic E-state index is 10.4. The van der Waals surface area contributed by atoms with Gasteiger partial charge in [0.25, 0.3) is 0 Å². The Labute approximate surface area is 123 Å². The Hall–Kier alpha value is -0.930. The van der Waals surface area contributed by atoms with Crippen molar-refractivity contribution in [1.29, 1.82) is 5.41 Å². The lowest BCUT2D eigenvalue weighted by atomic mass is 9.94. The predicted octanol–water partition coefficient (Wildman–Crippen LogP) is 3.87. The highest BCUT2D eigenvalue weighted by Crippen LogP contribution is 2.18. The van der Waals surface area contributed by atoms with E-state index in [0.717, 1.165) is 44.2 Å². The van der Waals surface area contributed by atoms with Crippen molar-refractivity contribution in [2.45, 2.75) is 64.6 Å². The Morgan fingerprint density at radius 1 is 1.25 bits per heavy atom. The molecule has 0 radical (unpaired) electrons. The molecule has 3 atom stereocenters. The molecule has 0 heterocycles. The fraction of sp³-hybridized carbons (Fsp3) is 0.706. The van der Waals surface area contributed by atoms with Crippen LogP contribution in [0, 0.1) is 11.3 Å². The molecule has 0 aliphatic heterocycles. The second-order valence-corrected chi connectivity index (χ2v) is 5.84. The van der Waals surface area contributed by atoms with Crippen LogP contribution in [0.3, 0.4) is 0 Å². The van der Waals surface area contributed by atoms with Gasteiger partial charge in [-0.05, 0) is 45.4 Å². The van der Waals surface area contributed by atoms with Gasteiger partial charge < -0.3 is 15.3 Å². The first-order valence-electron chi connectivity index (χ1n) is 7.65. The molecule has 0 bridgehead atoms. The third kappa shape index (κ3) is 6.02. The molecule has 0 aromatic carbocycles. The topological polar surface area (TPSA) is 53.3 Å². The highest BCUT2D eigenvalue weighted by Gasteiger charge is 2.21. The zero-order valence-electron chi connectivity index (χ0n) is 13.1. The van der Waals surface area contributed by atoms with Gasteiger partial charge in [0.15, 0.2) is 0 Å². The molecule has 20 heavy (non-hydrogen) atoms. The molecule has 114 valence electrons. The zero-order chi connectivity index (χ0) is 15.0. The summed E-state index contributed by atoms with van der Waals surface area (Å²) in [5, 5.41) is 18.3. The Morgan fingerprint density at radius 2 is 2.00 bits per heavy atom. The summed E-state index contributed by atoms with van der Waals surface area (Å²) in [6.45, 7) is 4.10. The van der Waals surface area contributed by atoms with Crippen LogP contribution in [0.25, 0.3) is 0 Å². The number of rotatable bonds is 1. The number of nitrogens with one attached hydrogen (secondary N) is 1. The maximum absolute atomic E-state index is 10.4. The molecule has 2 unspecified atom stereocenters. The van der Waals surface area contributed by atoms with E-state index in [1.807, 2.05) is 13.0 Å². The largest absolute Gasteiger partial charge is 0.389 e. The molecule has 2 N–H and O–H groups in total. The van der Waals surface area contributed by atoms with E-state index in [2.05, 4.69) is 19.1 Å². The number of aliphatic hydroxyl groups is 1. The molecule has 1 aliphatic rings. The minimum Gasteiger partial charge on any atom is -0.389 e. The van der Waals surface area contributed by atoms with Crippen molar-refractivity contribution in [2.24, 2.45) is 5.92 Å². The van der Waals surface area contributed by atoms with Crippen LogP contribution in [-0.4, -0.2) is 30.1 Å². The van der Waals surface area contributed by atoms with Crippen LogP contribution in [-0.2, 0) is 4.74 Å². The van der Waals surface area contributed by atoms with E-state index in [1.165, 1.54) is 5.57 Å². The molecule has 0 fully saturated rings. The Bertz CT molecular complexity index is 360. The smallest absolute Gasteiger partial charge is 0.102 e. The summed E-state index contributed by atoms with van der Waals surface area (Å²) in [5.74, 6) is 0.0572. The predicted molar refractivity (Wildman–Crippen MR) is 84.3 cm³/mol. The highest BCUT2D eigenvalue weighted by molar-refractivity contribution is 5.81. The summed E-state index contributed by atoms with van der Waals surface area (Å²) in [6, 6.07) is 0. The highest BCUT2D eigenvalue weighted by atomic mass is 16.5. The second kappa shape index (κ2) is 9.09. The van der Waals surface area contributed by atoms with Gasteiger partial charge in [0.2, 0.25) is 0 Å². The number of aliphatic hydroxyl groups excluding tert-OH is 1. The van der Waals surface area contributed by atoms with E-state index < -0.39 is 6.10 Å². The van der Waals surface area contributed by atoms with Crippen LogP contribution < -0.4 is 0 Å². The van der Waals surface area contributed by atoms with Gasteiger partial charge in [-0.2, -0.15) is 0 Å². The summed E-state index contributed by atoms with van der Waals surface area (Å²) < 4.78 is 5.39. The van der Waals surface area contributed by atoms with Gasteiger partial charge >= 0.3 is 0 Å². The molecular formula is C17H29NO2. The number of hydrogen-bond donors (Lipinski definition) is 2. The van der Waals surface area contributed by atoms with Gasteiger partial charge in [-0.15, -0.1) is 0 Å². The van der Waals surface area contributed by atoms with Crippen molar-refractivity contribution in [2.75, 3.05) is 7.11 Å². The van der Waals surface area contributed by atoms with E-state index >= 15 is 0 Å². The maximum Gasteiger partial charge on any atom is 0.102 e. The lowest BCUT2D eigenvalue weighted by Gasteiger charge is -2.23. The number of ether oxygens (including phenoxy) is 1. The SMILES string of the molecule is COC1/C=C/CCCCC(=N)CC/C(C)=C\C(C)[C@@H]1O. The van der Waals surface area contributed by atoms with Crippen LogP contribution in [0.1, 0.15) is 52.4 Å². The van der Waals surface area contributed by atoms with Gasteiger partial charge in [0.05, 0.1) is 6.10 Å². The second-order valence-electron chi connectivity index (χ2n) is 5.84. The molecule has 0 spiro atoms. The minimum atomic E-state index is -0.520. The molecular weight excluding hydrogens is 250 g/mol. The third-order valence-corrected chi connectivity index (χ3v) is 3.94. The average Bonchev–Trinajstić information content (AvgIpc) is 2.43. The van der Waals surface area contributed by atoms with E-state index in [0.29, 0.717) is 0 Å². The van der Waals surface area contributed by atoms with Gasteiger partial charge in [-0.3, -0.25) is 0 Å². The summed E-state index contributed by atoms with van der Waals surface area (Å²) >= 11 is 0. The monoisotopic (exact) mass is 279 g/mol. The molecule has 3 nitrogen and oxygen atoms in total. The molecule has 0 aromatic heterocycles. The van der Waals surface area contributed by atoms with Crippen molar-refractivity contribution < 1.29 is 9.84 Å². The van der Waals surface area contributed by atoms with Crippen molar-refractivity contribution in [1.82, 2.24) is 0 Å². The molecule has 1 aliphatic carbocycles. The standard InChI is InChI=1S/C17H29NO2/c1-13-10-11-15(18)8-6-4-5-7-9-16(20-3)17(19)14(2)12-13/h7,9,12,14,16-19H,4-6,8,10-11H2,1-3H3/b9-7+,13-12-,18-15?/t14?,16?,17-/m0/s1. The van der Waals surface area contributed by atoms with E-state index in [9.17, 15) is 5.11 Å². The first kappa shape index (κ1) is 17.1. The van der Waals surface area contributed by atoms with Crippen LogP contribution >= 0.6 is 0 Å². The molecule has 0 amide bonds. The van der Waals surface area contributed by atoms with E-state index in [4.69, 9.17) is 10.1 Å². The number of methoxy groups -OCH3 is 1. The van der Waals surface area contributed by atoms with Crippen LogP contribution in [0.15, 0.2) is 23.8 Å². The molecule has 3 heteroatoms. The van der Waals surface area contributed by atoms with Crippen LogP contribution in [0.2, 0.25) is 0 Å². The molecule has 0 saturated carbocycles. The van der Waals surface area contributed by atoms with Gasteiger partial charge in [-0.25, -0.2) is 0 Å². The fourth-order valence-electron chi connectivity index (χ4n) is 2.57. The summed E-state index contributed by atoms with van der Waals surface area (Å²) in [7, 11) is 1.64. The lowest BCUT2D eigenvalue weighted by Crippen LogP contribution is -2.31. The molecule has 0 saturated heterocycles. The fourth-order valence-corrected chi connectivity index (χ4v) is 2.57. The Kier molecular flexibility index (Phi) is 7.78. The van der Waals surface area contributed by atoms with Crippen LogP contribution in [0.5, 0.6) is 0 Å². The molecule has 1 rings (SSSR count). The van der Waals surface area contributed by atoms with Crippen molar-refractivity contribution in [3.8, 4) is 0 Å². The van der Waals surface area contributed by atoms with E-state index in [1.54, 1.807) is 7.11 Å². The minimum absolute atomic E-state index is 0.0572.